The highest BCUT2D eigenvalue weighted by Gasteiger charge is 2.25. The number of H-pyrrole nitrogens is 1. The summed E-state index contributed by atoms with van der Waals surface area (Å²) in [5.74, 6) is -1.19. The summed E-state index contributed by atoms with van der Waals surface area (Å²) in [6, 6.07) is 6.97. The first-order valence-corrected chi connectivity index (χ1v) is 5.58. The van der Waals surface area contributed by atoms with Gasteiger partial charge in [-0.3, -0.25) is 4.79 Å². The lowest BCUT2D eigenvalue weighted by molar-refractivity contribution is -0.138. The van der Waals surface area contributed by atoms with Gasteiger partial charge in [0, 0.05) is 22.5 Å². The number of hydrogen-bond acceptors (Lipinski definition) is 2. The zero-order valence-electron chi connectivity index (χ0n) is 9.90. The van der Waals surface area contributed by atoms with Crippen molar-refractivity contribution in [2.45, 2.75) is 25.8 Å². The molecule has 1 aromatic carbocycles. The van der Waals surface area contributed by atoms with Crippen molar-refractivity contribution < 1.29 is 9.90 Å². The lowest BCUT2D eigenvalue weighted by Gasteiger charge is -2.16. The molecule has 2 aromatic rings. The van der Waals surface area contributed by atoms with Gasteiger partial charge in [-0.1, -0.05) is 25.1 Å². The number of carboxylic acids is 1. The lowest BCUT2D eigenvalue weighted by Crippen LogP contribution is -2.35. The van der Waals surface area contributed by atoms with Crippen molar-refractivity contribution in [2.75, 3.05) is 0 Å². The smallest absolute Gasteiger partial charge is 0.321 e. The number of nitrogens with one attached hydrogen (secondary N) is 1. The van der Waals surface area contributed by atoms with E-state index in [4.69, 9.17) is 10.8 Å². The van der Waals surface area contributed by atoms with Crippen molar-refractivity contribution in [3.8, 4) is 0 Å². The van der Waals surface area contributed by atoms with Crippen LogP contribution < -0.4 is 5.73 Å². The Balaban J connectivity index is 2.54. The van der Waals surface area contributed by atoms with Crippen LogP contribution in [0.3, 0.4) is 0 Å². The van der Waals surface area contributed by atoms with Gasteiger partial charge in [-0.25, -0.2) is 0 Å². The maximum absolute atomic E-state index is 10.9. The number of aryl methyl sites for hydroxylation is 1. The van der Waals surface area contributed by atoms with Gasteiger partial charge in [-0.15, -0.1) is 0 Å². The molecular formula is C13H16N2O2. The van der Waals surface area contributed by atoms with Crippen molar-refractivity contribution in [2.24, 2.45) is 5.73 Å². The van der Waals surface area contributed by atoms with Crippen LogP contribution in [0.2, 0.25) is 0 Å². The first-order valence-electron chi connectivity index (χ1n) is 5.58. The van der Waals surface area contributed by atoms with Gasteiger partial charge < -0.3 is 15.8 Å². The third-order valence-electron chi connectivity index (χ3n) is 3.22. The summed E-state index contributed by atoms with van der Waals surface area (Å²) in [5.41, 5.74) is 8.69. The fraction of sp³-hybridized carbons (Fsp3) is 0.308. The van der Waals surface area contributed by atoms with E-state index in [1.54, 1.807) is 0 Å². The Kier molecular flexibility index (Phi) is 2.90. The maximum atomic E-state index is 10.9. The average Bonchev–Trinajstić information content (AvgIpc) is 2.62. The number of rotatable bonds is 3. The Morgan fingerprint density at radius 2 is 2.06 bits per heavy atom. The lowest BCUT2D eigenvalue weighted by atomic mass is 9.91. The van der Waals surface area contributed by atoms with Gasteiger partial charge in [0.2, 0.25) is 0 Å². The third-order valence-corrected chi connectivity index (χ3v) is 3.22. The number of carbonyl (C=O) groups is 1. The topological polar surface area (TPSA) is 79.1 Å². The summed E-state index contributed by atoms with van der Waals surface area (Å²) >= 11 is 0. The summed E-state index contributed by atoms with van der Waals surface area (Å²) in [6.07, 6.45) is 0. The molecule has 0 saturated carbocycles. The number of fused-ring (bicyclic) bond motifs is 1. The van der Waals surface area contributed by atoms with Gasteiger partial charge >= 0.3 is 5.97 Å². The fourth-order valence-corrected chi connectivity index (χ4v) is 2.28. The van der Waals surface area contributed by atoms with E-state index in [0.29, 0.717) is 0 Å². The van der Waals surface area contributed by atoms with Crippen LogP contribution in [0.5, 0.6) is 0 Å². The molecule has 0 spiro atoms. The number of benzene rings is 1. The predicted octanol–water partition coefficient (Wildman–Crippen LogP) is 1.99. The second kappa shape index (κ2) is 4.22. The molecule has 4 N–H and O–H groups in total. The van der Waals surface area contributed by atoms with Crippen molar-refractivity contribution in [3.05, 3.63) is 35.5 Å². The van der Waals surface area contributed by atoms with Crippen molar-refractivity contribution >= 4 is 16.9 Å². The fourth-order valence-electron chi connectivity index (χ4n) is 2.28. The molecule has 17 heavy (non-hydrogen) atoms. The van der Waals surface area contributed by atoms with Gasteiger partial charge in [-0.2, -0.15) is 0 Å². The van der Waals surface area contributed by atoms with Gasteiger partial charge in [0.15, 0.2) is 0 Å². The van der Waals surface area contributed by atoms with Crippen LogP contribution in [-0.2, 0) is 4.79 Å². The molecule has 0 bridgehead atoms. The number of para-hydroxylation sites is 1. The third kappa shape index (κ3) is 1.91. The highest BCUT2D eigenvalue weighted by molar-refractivity contribution is 5.86. The molecule has 0 fully saturated rings. The van der Waals surface area contributed by atoms with Gasteiger partial charge in [0.1, 0.15) is 6.04 Å². The van der Waals surface area contributed by atoms with E-state index < -0.39 is 12.0 Å². The SMILES string of the molecule is Cc1[nH]c2ccccc2c1[C@H](C)[C@H](N)C(=O)O. The minimum absolute atomic E-state index is 0.219. The molecule has 2 rings (SSSR count). The van der Waals surface area contributed by atoms with Crippen molar-refractivity contribution in [3.63, 3.8) is 0 Å². The Hall–Kier alpha value is -1.81. The molecule has 4 heteroatoms. The molecule has 0 unspecified atom stereocenters. The van der Waals surface area contributed by atoms with Crippen LogP contribution >= 0.6 is 0 Å². The Morgan fingerprint density at radius 3 is 2.71 bits per heavy atom. The molecule has 0 saturated heterocycles. The van der Waals surface area contributed by atoms with E-state index in [1.165, 1.54) is 0 Å². The highest BCUT2D eigenvalue weighted by atomic mass is 16.4. The molecule has 1 aromatic heterocycles. The Bertz CT molecular complexity index is 560. The quantitative estimate of drug-likeness (QED) is 0.757. The molecule has 0 aliphatic heterocycles. The molecule has 1 heterocycles. The summed E-state index contributed by atoms with van der Waals surface area (Å²) in [4.78, 5) is 14.2. The Morgan fingerprint density at radius 1 is 1.41 bits per heavy atom. The van der Waals surface area contributed by atoms with Gasteiger partial charge in [0.25, 0.3) is 0 Å². The van der Waals surface area contributed by atoms with E-state index in [2.05, 4.69) is 4.98 Å². The molecule has 0 radical (unpaired) electrons. The van der Waals surface area contributed by atoms with E-state index >= 15 is 0 Å². The van der Waals surface area contributed by atoms with Crippen LogP contribution in [0.1, 0.15) is 24.1 Å². The van der Waals surface area contributed by atoms with Crippen LogP contribution in [-0.4, -0.2) is 22.1 Å². The van der Waals surface area contributed by atoms with E-state index in [-0.39, 0.29) is 5.92 Å². The minimum atomic E-state index is -0.970. The first-order chi connectivity index (χ1) is 8.02. The van der Waals surface area contributed by atoms with Crippen LogP contribution in [0.15, 0.2) is 24.3 Å². The standard InChI is InChI=1S/C13H16N2O2/c1-7(12(14)13(16)17)11-8(2)15-10-6-4-3-5-9(10)11/h3-7,12,15H,14H2,1-2H3,(H,16,17)/t7-,12-/m0/s1. The zero-order valence-corrected chi connectivity index (χ0v) is 9.90. The molecule has 0 aliphatic carbocycles. The predicted molar refractivity (Wildman–Crippen MR) is 67.1 cm³/mol. The summed E-state index contributed by atoms with van der Waals surface area (Å²) in [5, 5.41) is 10.0. The molecule has 2 atom stereocenters. The van der Waals surface area contributed by atoms with Crippen LogP contribution in [0, 0.1) is 6.92 Å². The molecule has 90 valence electrons. The monoisotopic (exact) mass is 232 g/mol. The molecule has 0 amide bonds. The second-order valence-electron chi connectivity index (χ2n) is 4.36. The van der Waals surface area contributed by atoms with E-state index in [1.807, 2.05) is 38.1 Å². The van der Waals surface area contributed by atoms with Crippen molar-refractivity contribution in [1.82, 2.24) is 4.98 Å². The van der Waals surface area contributed by atoms with E-state index in [9.17, 15) is 4.79 Å². The Labute approximate surface area is 99.4 Å². The molecule has 4 nitrogen and oxygen atoms in total. The number of nitrogens with two attached hydrogens (primary N) is 1. The molecule has 0 aliphatic rings. The summed E-state index contributed by atoms with van der Waals surface area (Å²) < 4.78 is 0. The van der Waals surface area contributed by atoms with Gasteiger partial charge in [-0.05, 0) is 18.6 Å². The number of aromatic nitrogens is 1. The maximum Gasteiger partial charge on any atom is 0.321 e. The summed E-state index contributed by atoms with van der Waals surface area (Å²) in [6.45, 7) is 3.79. The zero-order chi connectivity index (χ0) is 12.6. The number of carboxylic acid groups (broad SMARTS) is 1. The van der Waals surface area contributed by atoms with Crippen molar-refractivity contribution in [1.29, 1.82) is 0 Å². The van der Waals surface area contributed by atoms with Crippen LogP contribution in [0.4, 0.5) is 0 Å². The van der Waals surface area contributed by atoms with E-state index in [0.717, 1.165) is 22.2 Å². The van der Waals surface area contributed by atoms with Gasteiger partial charge in [0.05, 0.1) is 0 Å². The minimum Gasteiger partial charge on any atom is -0.480 e. The number of aliphatic carboxylic acids is 1. The normalized spacial score (nSPS) is 14.8. The largest absolute Gasteiger partial charge is 0.480 e. The first kappa shape index (κ1) is 11.7. The number of hydrogen-bond donors (Lipinski definition) is 3. The summed E-state index contributed by atoms with van der Waals surface area (Å²) in [7, 11) is 0. The highest BCUT2D eigenvalue weighted by Crippen LogP contribution is 2.30. The second-order valence-corrected chi connectivity index (χ2v) is 4.36. The molecular weight excluding hydrogens is 216 g/mol. The average molecular weight is 232 g/mol. The number of aromatic amines is 1. The van der Waals surface area contributed by atoms with Crippen LogP contribution in [0.25, 0.3) is 10.9 Å².